The fraction of sp³-hybridized carbons (Fsp3) is 0.125. The molecule has 0 bridgehead atoms. The van der Waals surface area contributed by atoms with Crippen LogP contribution in [0.15, 0.2) is 90.0 Å². The Hall–Kier alpha value is -3.93. The number of anilines is 1. The van der Waals surface area contributed by atoms with Crippen molar-refractivity contribution in [2.45, 2.75) is 13.3 Å². The van der Waals surface area contributed by atoms with Gasteiger partial charge in [-0.2, -0.15) is 5.10 Å². The lowest BCUT2D eigenvalue weighted by atomic mass is 10.0. The minimum atomic E-state index is -0.395. The predicted octanol–water partition coefficient (Wildman–Crippen LogP) is 4.25. The van der Waals surface area contributed by atoms with E-state index in [1.807, 2.05) is 72.8 Å². The van der Waals surface area contributed by atoms with Crippen molar-refractivity contribution >= 4 is 23.2 Å². The molecule has 0 spiro atoms. The molecule has 0 saturated heterocycles. The molecule has 0 atom stereocenters. The van der Waals surface area contributed by atoms with Crippen LogP contribution in [0.4, 0.5) is 5.69 Å². The molecule has 3 rings (SSSR count). The van der Waals surface area contributed by atoms with Crippen LogP contribution in [0, 0.1) is 0 Å². The van der Waals surface area contributed by atoms with Crippen molar-refractivity contribution in [2.24, 2.45) is 5.10 Å². The van der Waals surface area contributed by atoms with Crippen LogP contribution in [0.1, 0.15) is 13.3 Å². The number of hydrogen-bond acceptors (Lipinski definition) is 4. The first-order valence-electron chi connectivity index (χ1n) is 9.56. The fourth-order valence-electron chi connectivity index (χ4n) is 2.78. The van der Waals surface area contributed by atoms with Crippen LogP contribution < -0.4 is 15.5 Å². The van der Waals surface area contributed by atoms with E-state index in [1.165, 1.54) is 0 Å². The molecule has 0 aliphatic carbocycles. The van der Waals surface area contributed by atoms with Gasteiger partial charge in [-0.25, -0.2) is 5.43 Å². The van der Waals surface area contributed by atoms with E-state index >= 15 is 0 Å². The Kier molecular flexibility index (Phi) is 7.33. The maximum absolute atomic E-state index is 12.4. The normalized spacial score (nSPS) is 10.9. The SMILES string of the molecule is CC(CC(=O)Nc1ccccc1-c1ccccc1)=NNC(=O)COc1ccccc1. The quantitative estimate of drug-likeness (QED) is 0.437. The van der Waals surface area contributed by atoms with Gasteiger partial charge in [-0.15, -0.1) is 0 Å². The third kappa shape index (κ3) is 6.31. The number of ether oxygens (including phenoxy) is 1. The summed E-state index contributed by atoms with van der Waals surface area (Å²) in [5.41, 5.74) is 5.57. The Bertz CT molecular complexity index is 1020. The molecule has 0 aliphatic heterocycles. The maximum atomic E-state index is 12.4. The largest absolute Gasteiger partial charge is 0.484 e. The van der Waals surface area contributed by atoms with E-state index in [2.05, 4.69) is 15.8 Å². The van der Waals surface area contributed by atoms with E-state index in [0.29, 0.717) is 11.5 Å². The van der Waals surface area contributed by atoms with Gasteiger partial charge in [-0.3, -0.25) is 9.59 Å². The summed E-state index contributed by atoms with van der Waals surface area (Å²) in [6, 6.07) is 26.5. The van der Waals surface area contributed by atoms with Gasteiger partial charge in [0.1, 0.15) is 5.75 Å². The van der Waals surface area contributed by atoms with Gasteiger partial charge in [0.25, 0.3) is 5.91 Å². The second kappa shape index (κ2) is 10.6. The number of carbonyl (C=O) groups excluding carboxylic acids is 2. The number of hydrogen-bond donors (Lipinski definition) is 2. The van der Waals surface area contributed by atoms with Crippen LogP contribution in [0.25, 0.3) is 11.1 Å². The average Bonchev–Trinajstić information content (AvgIpc) is 2.78. The van der Waals surface area contributed by atoms with Crippen molar-refractivity contribution in [1.82, 2.24) is 5.43 Å². The van der Waals surface area contributed by atoms with Gasteiger partial charge in [0.2, 0.25) is 5.91 Å². The van der Waals surface area contributed by atoms with E-state index in [0.717, 1.165) is 16.8 Å². The second-order valence-electron chi connectivity index (χ2n) is 6.62. The van der Waals surface area contributed by atoms with Crippen LogP contribution >= 0.6 is 0 Å². The smallest absolute Gasteiger partial charge is 0.277 e. The van der Waals surface area contributed by atoms with Crippen molar-refractivity contribution < 1.29 is 14.3 Å². The number of amides is 2. The van der Waals surface area contributed by atoms with Gasteiger partial charge in [-0.1, -0.05) is 66.7 Å². The second-order valence-corrected chi connectivity index (χ2v) is 6.62. The van der Waals surface area contributed by atoms with E-state index in [9.17, 15) is 9.59 Å². The molecular weight excluding hydrogens is 378 g/mol. The summed E-state index contributed by atoms with van der Waals surface area (Å²) < 4.78 is 5.35. The van der Waals surface area contributed by atoms with Crippen LogP contribution in [0.5, 0.6) is 5.75 Å². The number of rotatable bonds is 8. The first kappa shape index (κ1) is 20.8. The molecule has 0 saturated carbocycles. The molecule has 0 radical (unpaired) electrons. The molecule has 30 heavy (non-hydrogen) atoms. The first-order valence-corrected chi connectivity index (χ1v) is 9.56. The number of nitrogens with one attached hydrogen (secondary N) is 2. The fourth-order valence-corrected chi connectivity index (χ4v) is 2.78. The highest BCUT2D eigenvalue weighted by Crippen LogP contribution is 2.27. The molecule has 2 amide bonds. The zero-order valence-corrected chi connectivity index (χ0v) is 16.7. The third-order valence-electron chi connectivity index (χ3n) is 4.19. The summed E-state index contributed by atoms with van der Waals surface area (Å²) in [6.07, 6.45) is 0.0585. The van der Waals surface area contributed by atoms with Crippen LogP contribution in [-0.4, -0.2) is 24.1 Å². The Balaban J connectivity index is 1.52. The zero-order valence-electron chi connectivity index (χ0n) is 16.7. The van der Waals surface area contributed by atoms with Gasteiger partial charge in [0.05, 0.1) is 6.42 Å². The van der Waals surface area contributed by atoms with Crippen LogP contribution in [0.3, 0.4) is 0 Å². The molecule has 3 aromatic carbocycles. The number of para-hydroxylation sites is 2. The highest BCUT2D eigenvalue weighted by molar-refractivity contribution is 6.07. The molecular formula is C24H23N3O3. The molecule has 0 aromatic heterocycles. The number of nitrogens with zero attached hydrogens (tertiary/aromatic N) is 1. The summed E-state index contributed by atoms with van der Waals surface area (Å²) in [4.78, 5) is 24.3. The molecule has 0 aliphatic rings. The summed E-state index contributed by atoms with van der Waals surface area (Å²) in [6.45, 7) is 1.53. The lowest BCUT2D eigenvalue weighted by Gasteiger charge is -2.11. The van der Waals surface area contributed by atoms with Crippen molar-refractivity contribution in [1.29, 1.82) is 0 Å². The van der Waals surface area contributed by atoms with Crippen molar-refractivity contribution in [2.75, 3.05) is 11.9 Å². The lowest BCUT2D eigenvalue weighted by molar-refractivity contribution is -0.123. The van der Waals surface area contributed by atoms with E-state index in [-0.39, 0.29) is 18.9 Å². The maximum Gasteiger partial charge on any atom is 0.277 e. The standard InChI is InChI=1S/C24H23N3O3/c1-18(26-27-24(29)17-30-20-12-6-3-7-13-20)16-23(28)25-22-15-9-8-14-21(22)19-10-4-2-5-11-19/h2-15H,16-17H2,1H3,(H,25,28)(H,27,29). The van der Waals surface area contributed by atoms with Crippen molar-refractivity contribution in [3.05, 3.63) is 84.9 Å². The van der Waals surface area contributed by atoms with Gasteiger partial charge in [0.15, 0.2) is 6.61 Å². The molecule has 6 nitrogen and oxygen atoms in total. The van der Waals surface area contributed by atoms with Gasteiger partial charge in [0, 0.05) is 17.0 Å². The summed E-state index contributed by atoms with van der Waals surface area (Å²) in [5.74, 6) is -0.00717. The highest BCUT2D eigenvalue weighted by atomic mass is 16.5. The molecule has 0 unspecified atom stereocenters. The number of hydrazone groups is 1. The molecule has 152 valence electrons. The van der Waals surface area contributed by atoms with E-state index in [4.69, 9.17) is 4.74 Å². The molecule has 2 N–H and O–H groups in total. The summed E-state index contributed by atoms with van der Waals surface area (Å²) in [7, 11) is 0. The monoisotopic (exact) mass is 401 g/mol. The molecule has 0 fully saturated rings. The number of benzene rings is 3. The van der Waals surface area contributed by atoms with Gasteiger partial charge >= 0.3 is 0 Å². The molecule has 6 heteroatoms. The summed E-state index contributed by atoms with van der Waals surface area (Å²) in [5, 5.41) is 6.89. The number of carbonyl (C=O) groups is 2. The van der Waals surface area contributed by atoms with E-state index < -0.39 is 5.91 Å². The minimum Gasteiger partial charge on any atom is -0.484 e. The zero-order chi connectivity index (χ0) is 21.2. The topological polar surface area (TPSA) is 79.8 Å². The Morgan fingerprint density at radius 1 is 0.833 bits per heavy atom. The van der Waals surface area contributed by atoms with Crippen LogP contribution in [-0.2, 0) is 9.59 Å². The Morgan fingerprint density at radius 2 is 1.47 bits per heavy atom. The van der Waals surface area contributed by atoms with E-state index in [1.54, 1.807) is 19.1 Å². The molecule has 0 heterocycles. The van der Waals surface area contributed by atoms with Crippen molar-refractivity contribution in [3.8, 4) is 16.9 Å². The molecule has 3 aromatic rings. The van der Waals surface area contributed by atoms with Gasteiger partial charge < -0.3 is 10.1 Å². The summed E-state index contributed by atoms with van der Waals surface area (Å²) >= 11 is 0. The van der Waals surface area contributed by atoms with Crippen LogP contribution in [0.2, 0.25) is 0 Å². The average molecular weight is 401 g/mol. The van der Waals surface area contributed by atoms with Gasteiger partial charge in [-0.05, 0) is 30.7 Å². The third-order valence-corrected chi connectivity index (χ3v) is 4.19. The first-order chi connectivity index (χ1) is 14.6. The minimum absolute atomic E-state index is 0.0585. The highest BCUT2D eigenvalue weighted by Gasteiger charge is 2.10. The Morgan fingerprint density at radius 3 is 2.20 bits per heavy atom. The predicted molar refractivity (Wildman–Crippen MR) is 118 cm³/mol. The van der Waals surface area contributed by atoms with Crippen molar-refractivity contribution in [3.63, 3.8) is 0 Å². The lowest BCUT2D eigenvalue weighted by Crippen LogP contribution is -2.26. The Labute approximate surface area is 175 Å².